The standard InChI is InChI=1S/C16H28N2O/c1-6-18(7-2)11-10-17-14(4)15-12-13(3)8-9-16(15)19-5/h8-9,12,14,17H,6-7,10-11H2,1-5H3. The van der Waals surface area contributed by atoms with Crippen LogP contribution in [0.1, 0.15) is 37.9 Å². The van der Waals surface area contributed by atoms with Crippen molar-refractivity contribution in [3.05, 3.63) is 29.3 Å². The van der Waals surface area contributed by atoms with Crippen LogP contribution in [-0.2, 0) is 0 Å². The van der Waals surface area contributed by atoms with Gasteiger partial charge in [-0.2, -0.15) is 0 Å². The van der Waals surface area contributed by atoms with Gasteiger partial charge in [-0.15, -0.1) is 0 Å². The highest BCUT2D eigenvalue weighted by atomic mass is 16.5. The number of nitrogens with one attached hydrogen (secondary N) is 1. The van der Waals surface area contributed by atoms with Crippen molar-refractivity contribution >= 4 is 0 Å². The Labute approximate surface area is 118 Å². The van der Waals surface area contributed by atoms with Gasteiger partial charge >= 0.3 is 0 Å². The number of rotatable bonds is 8. The van der Waals surface area contributed by atoms with E-state index in [9.17, 15) is 0 Å². The molecule has 1 aromatic rings. The fourth-order valence-electron chi connectivity index (χ4n) is 2.28. The molecule has 0 aliphatic heterocycles. The lowest BCUT2D eigenvalue weighted by Gasteiger charge is -2.22. The summed E-state index contributed by atoms with van der Waals surface area (Å²) in [5, 5.41) is 3.58. The summed E-state index contributed by atoms with van der Waals surface area (Å²) in [4.78, 5) is 2.42. The molecule has 3 heteroatoms. The molecule has 19 heavy (non-hydrogen) atoms. The van der Waals surface area contributed by atoms with Crippen LogP contribution in [0.4, 0.5) is 0 Å². The number of ether oxygens (including phenoxy) is 1. The van der Waals surface area contributed by atoms with Crippen molar-refractivity contribution in [2.75, 3.05) is 33.3 Å². The van der Waals surface area contributed by atoms with Crippen LogP contribution in [-0.4, -0.2) is 38.2 Å². The molecule has 0 radical (unpaired) electrons. The predicted molar refractivity (Wildman–Crippen MR) is 81.9 cm³/mol. The summed E-state index contributed by atoms with van der Waals surface area (Å²) in [6, 6.07) is 6.65. The minimum atomic E-state index is 0.311. The highest BCUT2D eigenvalue weighted by Crippen LogP contribution is 2.25. The van der Waals surface area contributed by atoms with Crippen molar-refractivity contribution in [3.63, 3.8) is 0 Å². The smallest absolute Gasteiger partial charge is 0.123 e. The second-order valence-electron chi connectivity index (χ2n) is 4.95. The molecule has 1 atom stereocenters. The second-order valence-corrected chi connectivity index (χ2v) is 4.95. The second kappa shape index (κ2) is 8.18. The van der Waals surface area contributed by atoms with Gasteiger partial charge in [-0.05, 0) is 33.0 Å². The molecule has 1 unspecified atom stereocenters. The predicted octanol–water partition coefficient (Wildman–Crippen LogP) is 3.00. The summed E-state index contributed by atoms with van der Waals surface area (Å²) in [5.41, 5.74) is 2.51. The van der Waals surface area contributed by atoms with Crippen molar-refractivity contribution in [1.82, 2.24) is 10.2 Å². The van der Waals surface area contributed by atoms with Crippen molar-refractivity contribution in [1.29, 1.82) is 0 Å². The van der Waals surface area contributed by atoms with E-state index in [0.29, 0.717) is 6.04 Å². The Morgan fingerprint density at radius 2 is 1.95 bits per heavy atom. The fraction of sp³-hybridized carbons (Fsp3) is 0.625. The van der Waals surface area contributed by atoms with E-state index in [2.05, 4.69) is 50.0 Å². The molecule has 108 valence electrons. The Morgan fingerprint density at radius 1 is 1.26 bits per heavy atom. The third kappa shape index (κ3) is 4.84. The molecule has 1 aromatic carbocycles. The van der Waals surface area contributed by atoms with Gasteiger partial charge in [0.1, 0.15) is 5.75 Å². The molecular weight excluding hydrogens is 236 g/mol. The van der Waals surface area contributed by atoms with E-state index >= 15 is 0 Å². The van der Waals surface area contributed by atoms with E-state index in [1.807, 2.05) is 6.07 Å². The van der Waals surface area contributed by atoms with Crippen LogP contribution in [0.3, 0.4) is 0 Å². The largest absolute Gasteiger partial charge is 0.496 e. The Balaban J connectivity index is 2.57. The van der Waals surface area contributed by atoms with Gasteiger partial charge in [-0.25, -0.2) is 0 Å². The first-order chi connectivity index (χ1) is 9.12. The maximum atomic E-state index is 5.44. The molecule has 0 fully saturated rings. The normalized spacial score (nSPS) is 12.7. The zero-order chi connectivity index (χ0) is 14.3. The maximum absolute atomic E-state index is 5.44. The third-order valence-electron chi connectivity index (χ3n) is 3.62. The van der Waals surface area contributed by atoms with Gasteiger partial charge in [0.2, 0.25) is 0 Å². The third-order valence-corrected chi connectivity index (χ3v) is 3.62. The average molecular weight is 264 g/mol. The molecule has 0 saturated heterocycles. The first-order valence-corrected chi connectivity index (χ1v) is 7.22. The summed E-state index contributed by atoms with van der Waals surface area (Å²) in [6.45, 7) is 13.0. The van der Waals surface area contributed by atoms with Crippen LogP contribution in [0.15, 0.2) is 18.2 Å². The van der Waals surface area contributed by atoms with Gasteiger partial charge in [-0.3, -0.25) is 0 Å². The minimum absolute atomic E-state index is 0.311. The molecule has 0 aliphatic rings. The minimum Gasteiger partial charge on any atom is -0.496 e. The summed E-state index contributed by atoms with van der Waals surface area (Å²) < 4.78 is 5.44. The lowest BCUT2D eigenvalue weighted by molar-refractivity contribution is 0.297. The SMILES string of the molecule is CCN(CC)CCNC(C)c1cc(C)ccc1OC. The summed E-state index contributed by atoms with van der Waals surface area (Å²) in [5.74, 6) is 0.966. The van der Waals surface area contributed by atoms with Gasteiger partial charge in [0.15, 0.2) is 0 Å². The van der Waals surface area contributed by atoms with E-state index < -0.39 is 0 Å². The number of methoxy groups -OCH3 is 1. The lowest BCUT2D eigenvalue weighted by atomic mass is 10.0. The molecule has 0 aromatic heterocycles. The molecule has 1 rings (SSSR count). The number of likely N-dealkylation sites (N-methyl/N-ethyl adjacent to an activating group) is 1. The van der Waals surface area contributed by atoms with Crippen LogP contribution < -0.4 is 10.1 Å². The fourth-order valence-corrected chi connectivity index (χ4v) is 2.28. The Hall–Kier alpha value is -1.06. The molecule has 0 aliphatic carbocycles. The van der Waals surface area contributed by atoms with Gasteiger partial charge in [-0.1, -0.05) is 31.5 Å². The van der Waals surface area contributed by atoms with Crippen LogP contribution in [0.2, 0.25) is 0 Å². The van der Waals surface area contributed by atoms with E-state index in [0.717, 1.165) is 31.9 Å². The zero-order valence-corrected chi connectivity index (χ0v) is 13.0. The van der Waals surface area contributed by atoms with Crippen molar-refractivity contribution in [2.45, 2.75) is 33.7 Å². The summed E-state index contributed by atoms with van der Waals surface area (Å²) in [6.07, 6.45) is 0. The molecule has 1 N–H and O–H groups in total. The first-order valence-electron chi connectivity index (χ1n) is 7.22. The zero-order valence-electron chi connectivity index (χ0n) is 13.0. The van der Waals surface area contributed by atoms with E-state index in [1.165, 1.54) is 11.1 Å². The van der Waals surface area contributed by atoms with Crippen molar-refractivity contribution in [3.8, 4) is 5.75 Å². The quantitative estimate of drug-likeness (QED) is 0.781. The van der Waals surface area contributed by atoms with Crippen LogP contribution >= 0.6 is 0 Å². The Bertz CT molecular complexity index is 375. The molecule has 3 nitrogen and oxygen atoms in total. The molecule has 0 bridgehead atoms. The number of hydrogen-bond donors (Lipinski definition) is 1. The van der Waals surface area contributed by atoms with Gasteiger partial charge in [0.05, 0.1) is 7.11 Å². The monoisotopic (exact) mass is 264 g/mol. The summed E-state index contributed by atoms with van der Waals surface area (Å²) in [7, 11) is 1.73. The summed E-state index contributed by atoms with van der Waals surface area (Å²) >= 11 is 0. The molecule has 0 heterocycles. The topological polar surface area (TPSA) is 24.5 Å². The lowest BCUT2D eigenvalue weighted by Crippen LogP contribution is -2.33. The highest BCUT2D eigenvalue weighted by Gasteiger charge is 2.11. The maximum Gasteiger partial charge on any atom is 0.123 e. The van der Waals surface area contributed by atoms with E-state index in [-0.39, 0.29) is 0 Å². The van der Waals surface area contributed by atoms with E-state index in [4.69, 9.17) is 4.74 Å². The van der Waals surface area contributed by atoms with Crippen molar-refractivity contribution in [2.24, 2.45) is 0 Å². The van der Waals surface area contributed by atoms with Gasteiger partial charge in [0, 0.05) is 24.7 Å². The van der Waals surface area contributed by atoms with Crippen LogP contribution in [0, 0.1) is 6.92 Å². The van der Waals surface area contributed by atoms with Crippen LogP contribution in [0.5, 0.6) is 5.75 Å². The Kier molecular flexibility index (Phi) is 6.89. The molecular formula is C16H28N2O. The molecule has 0 spiro atoms. The van der Waals surface area contributed by atoms with Gasteiger partial charge < -0.3 is 15.0 Å². The average Bonchev–Trinajstić information content (AvgIpc) is 2.43. The first kappa shape index (κ1) is 16.0. The van der Waals surface area contributed by atoms with E-state index in [1.54, 1.807) is 7.11 Å². The van der Waals surface area contributed by atoms with Crippen molar-refractivity contribution < 1.29 is 4.74 Å². The number of hydrogen-bond acceptors (Lipinski definition) is 3. The number of nitrogens with zero attached hydrogens (tertiary/aromatic N) is 1. The van der Waals surface area contributed by atoms with Crippen LogP contribution in [0.25, 0.3) is 0 Å². The highest BCUT2D eigenvalue weighted by molar-refractivity contribution is 5.38. The molecule has 0 saturated carbocycles. The number of benzene rings is 1. The Morgan fingerprint density at radius 3 is 2.53 bits per heavy atom. The number of aryl methyl sites for hydroxylation is 1. The van der Waals surface area contributed by atoms with Gasteiger partial charge in [0.25, 0.3) is 0 Å². The molecule has 0 amide bonds.